The first-order valence-corrected chi connectivity index (χ1v) is 8.03. The third-order valence-corrected chi connectivity index (χ3v) is 4.70. The number of carbonyl (C=O) groups is 1. The lowest BCUT2D eigenvalue weighted by atomic mass is 9.93. The molecular formula is C20H23NO2. The molecule has 0 aliphatic carbocycles. The first kappa shape index (κ1) is 15.8. The van der Waals surface area contributed by atoms with Crippen LogP contribution in [0.2, 0.25) is 0 Å². The molecule has 0 amide bonds. The molecule has 1 aliphatic rings. The van der Waals surface area contributed by atoms with E-state index < -0.39 is 0 Å². The van der Waals surface area contributed by atoms with E-state index in [4.69, 9.17) is 4.74 Å². The Hall–Kier alpha value is -2.13. The van der Waals surface area contributed by atoms with Crippen molar-refractivity contribution >= 4 is 5.97 Å². The lowest BCUT2D eigenvalue weighted by molar-refractivity contribution is -0.148. The van der Waals surface area contributed by atoms with Gasteiger partial charge in [-0.2, -0.15) is 0 Å². The van der Waals surface area contributed by atoms with E-state index in [-0.39, 0.29) is 12.0 Å². The predicted octanol–water partition coefficient (Wildman–Crippen LogP) is 3.40. The highest BCUT2D eigenvalue weighted by Gasteiger charge is 2.32. The van der Waals surface area contributed by atoms with Gasteiger partial charge < -0.3 is 4.74 Å². The second-order valence-corrected chi connectivity index (χ2v) is 6.35. The van der Waals surface area contributed by atoms with Crippen LogP contribution < -0.4 is 0 Å². The number of fused-ring (bicyclic) bond motifs is 1. The van der Waals surface area contributed by atoms with Gasteiger partial charge in [0.25, 0.3) is 0 Å². The molecule has 0 N–H and O–H groups in total. The molecular weight excluding hydrogens is 286 g/mol. The van der Waals surface area contributed by atoms with Crippen LogP contribution in [0.4, 0.5) is 0 Å². The Balaban J connectivity index is 1.91. The van der Waals surface area contributed by atoms with Crippen LogP contribution in [0.3, 0.4) is 0 Å². The molecule has 2 aromatic carbocycles. The van der Waals surface area contributed by atoms with Crippen molar-refractivity contribution in [2.24, 2.45) is 0 Å². The van der Waals surface area contributed by atoms with E-state index in [2.05, 4.69) is 55.1 Å². The number of carbonyl (C=O) groups excluding carboxylic acids is 1. The maximum Gasteiger partial charge on any atom is 0.323 e. The number of hydrogen-bond acceptors (Lipinski definition) is 3. The lowest BCUT2D eigenvalue weighted by Gasteiger charge is -2.35. The van der Waals surface area contributed by atoms with E-state index in [0.29, 0.717) is 6.42 Å². The van der Waals surface area contributed by atoms with Gasteiger partial charge in [0.1, 0.15) is 6.04 Å². The molecule has 3 nitrogen and oxygen atoms in total. The molecule has 1 heterocycles. The maximum atomic E-state index is 12.3. The van der Waals surface area contributed by atoms with Crippen LogP contribution in [0, 0.1) is 13.8 Å². The molecule has 0 aromatic heterocycles. The van der Waals surface area contributed by atoms with Gasteiger partial charge in [0.05, 0.1) is 7.11 Å². The van der Waals surface area contributed by atoms with E-state index in [0.717, 1.165) is 13.1 Å². The van der Waals surface area contributed by atoms with Gasteiger partial charge in [-0.15, -0.1) is 0 Å². The van der Waals surface area contributed by atoms with Crippen molar-refractivity contribution in [2.75, 3.05) is 7.11 Å². The van der Waals surface area contributed by atoms with Gasteiger partial charge in [0.15, 0.2) is 0 Å². The molecule has 3 heteroatoms. The molecule has 0 radical (unpaired) electrons. The maximum absolute atomic E-state index is 12.3. The summed E-state index contributed by atoms with van der Waals surface area (Å²) in [6, 6.07) is 14.6. The molecule has 0 fully saturated rings. The summed E-state index contributed by atoms with van der Waals surface area (Å²) in [4.78, 5) is 14.5. The summed E-state index contributed by atoms with van der Waals surface area (Å²) < 4.78 is 5.05. The van der Waals surface area contributed by atoms with Crippen LogP contribution in [-0.4, -0.2) is 24.0 Å². The molecule has 1 aliphatic heterocycles. The Bertz CT molecular complexity index is 723. The normalized spacial score (nSPS) is 17.6. The average Bonchev–Trinajstić information content (AvgIpc) is 2.57. The monoisotopic (exact) mass is 309 g/mol. The van der Waals surface area contributed by atoms with Gasteiger partial charge in [-0.1, -0.05) is 48.0 Å². The highest BCUT2D eigenvalue weighted by Crippen LogP contribution is 2.26. The standard InChI is InChI=1S/C20H23NO2/c1-14-8-9-15(2)18(10-14)13-21-12-17-7-5-4-6-16(17)11-19(21)20(22)23-3/h4-10,19H,11-13H2,1-3H3. The zero-order chi connectivity index (χ0) is 16.4. The van der Waals surface area contributed by atoms with E-state index in [1.807, 2.05) is 6.07 Å². The average molecular weight is 309 g/mol. The smallest absolute Gasteiger partial charge is 0.323 e. The number of rotatable bonds is 3. The van der Waals surface area contributed by atoms with E-state index in [1.165, 1.54) is 34.9 Å². The quantitative estimate of drug-likeness (QED) is 0.814. The van der Waals surface area contributed by atoms with Crippen LogP contribution in [0.1, 0.15) is 27.8 Å². The fourth-order valence-electron chi connectivity index (χ4n) is 3.30. The van der Waals surface area contributed by atoms with Crippen molar-refractivity contribution in [1.29, 1.82) is 0 Å². The largest absolute Gasteiger partial charge is 0.468 e. The molecule has 0 saturated carbocycles. The molecule has 1 atom stereocenters. The third-order valence-electron chi connectivity index (χ3n) is 4.70. The van der Waals surface area contributed by atoms with Crippen LogP contribution in [0.25, 0.3) is 0 Å². The molecule has 0 spiro atoms. The summed E-state index contributed by atoms with van der Waals surface area (Å²) in [5.74, 6) is -0.148. The molecule has 0 saturated heterocycles. The van der Waals surface area contributed by atoms with Gasteiger partial charge in [-0.3, -0.25) is 9.69 Å². The fraction of sp³-hybridized carbons (Fsp3) is 0.350. The van der Waals surface area contributed by atoms with Crippen LogP contribution >= 0.6 is 0 Å². The SMILES string of the molecule is COC(=O)C1Cc2ccccc2CN1Cc1cc(C)ccc1C. The minimum Gasteiger partial charge on any atom is -0.468 e. The second kappa shape index (κ2) is 6.55. The van der Waals surface area contributed by atoms with Crippen LogP contribution in [-0.2, 0) is 29.0 Å². The molecule has 23 heavy (non-hydrogen) atoms. The summed E-state index contributed by atoms with van der Waals surface area (Å²) >= 11 is 0. The summed E-state index contributed by atoms with van der Waals surface area (Å²) in [7, 11) is 1.47. The Kier molecular flexibility index (Phi) is 4.49. The minimum atomic E-state index is -0.213. The first-order valence-electron chi connectivity index (χ1n) is 8.03. The van der Waals surface area contributed by atoms with E-state index in [1.54, 1.807) is 0 Å². The van der Waals surface area contributed by atoms with E-state index in [9.17, 15) is 4.79 Å². The number of esters is 1. The number of ether oxygens (including phenoxy) is 1. The Morgan fingerprint density at radius 2 is 1.91 bits per heavy atom. The molecule has 0 bridgehead atoms. The molecule has 2 aromatic rings. The fourth-order valence-corrected chi connectivity index (χ4v) is 3.30. The van der Waals surface area contributed by atoms with Gasteiger partial charge in [-0.05, 0) is 42.5 Å². The number of benzene rings is 2. The second-order valence-electron chi connectivity index (χ2n) is 6.35. The number of methoxy groups -OCH3 is 1. The van der Waals surface area contributed by atoms with Crippen molar-refractivity contribution in [3.8, 4) is 0 Å². The molecule has 120 valence electrons. The van der Waals surface area contributed by atoms with Gasteiger partial charge >= 0.3 is 5.97 Å². The first-order chi connectivity index (χ1) is 11.1. The number of hydrogen-bond donors (Lipinski definition) is 0. The Morgan fingerprint density at radius 1 is 1.17 bits per heavy atom. The third kappa shape index (κ3) is 3.30. The van der Waals surface area contributed by atoms with Crippen molar-refractivity contribution in [3.63, 3.8) is 0 Å². The van der Waals surface area contributed by atoms with Crippen LogP contribution in [0.5, 0.6) is 0 Å². The predicted molar refractivity (Wildman–Crippen MR) is 91.1 cm³/mol. The van der Waals surface area contributed by atoms with E-state index >= 15 is 0 Å². The Labute approximate surface area is 137 Å². The number of nitrogens with zero attached hydrogens (tertiary/aromatic N) is 1. The topological polar surface area (TPSA) is 29.5 Å². The van der Waals surface area contributed by atoms with Gasteiger partial charge in [0.2, 0.25) is 0 Å². The summed E-state index contributed by atoms with van der Waals surface area (Å²) in [5, 5.41) is 0. The highest BCUT2D eigenvalue weighted by molar-refractivity contribution is 5.76. The van der Waals surface area contributed by atoms with Crippen molar-refractivity contribution in [3.05, 3.63) is 70.3 Å². The van der Waals surface area contributed by atoms with Crippen molar-refractivity contribution in [2.45, 2.75) is 39.4 Å². The summed E-state index contributed by atoms with van der Waals surface area (Å²) in [6.07, 6.45) is 0.716. The summed E-state index contributed by atoms with van der Waals surface area (Å²) in [6.45, 7) is 5.77. The number of aryl methyl sites for hydroxylation is 2. The van der Waals surface area contributed by atoms with Crippen LogP contribution in [0.15, 0.2) is 42.5 Å². The highest BCUT2D eigenvalue weighted by atomic mass is 16.5. The molecule has 1 unspecified atom stereocenters. The van der Waals surface area contributed by atoms with Crippen molar-refractivity contribution < 1.29 is 9.53 Å². The Morgan fingerprint density at radius 3 is 2.65 bits per heavy atom. The summed E-state index contributed by atoms with van der Waals surface area (Å²) in [5.41, 5.74) is 6.34. The zero-order valence-electron chi connectivity index (χ0n) is 14.0. The minimum absolute atomic E-state index is 0.148. The lowest BCUT2D eigenvalue weighted by Crippen LogP contribution is -2.45. The zero-order valence-corrected chi connectivity index (χ0v) is 14.0. The van der Waals surface area contributed by atoms with Crippen molar-refractivity contribution in [1.82, 2.24) is 4.90 Å². The van der Waals surface area contributed by atoms with Gasteiger partial charge in [-0.25, -0.2) is 0 Å². The molecule has 3 rings (SSSR count). The van der Waals surface area contributed by atoms with Gasteiger partial charge in [0, 0.05) is 13.1 Å².